The molecule has 0 saturated carbocycles. The van der Waals surface area contributed by atoms with Gasteiger partial charge in [-0.05, 0) is 20.8 Å². The molecule has 0 aromatic rings. The summed E-state index contributed by atoms with van der Waals surface area (Å²) in [4.78, 5) is 16.0. The summed E-state index contributed by atoms with van der Waals surface area (Å²) in [5, 5.41) is 9.31. The van der Waals surface area contributed by atoms with E-state index in [1.54, 1.807) is 6.92 Å². The molecule has 5 heteroatoms. The van der Waals surface area contributed by atoms with Crippen molar-refractivity contribution < 1.29 is 14.6 Å². The van der Waals surface area contributed by atoms with E-state index in [0.717, 1.165) is 26.2 Å². The first-order valence-corrected chi connectivity index (χ1v) is 6.79. The minimum atomic E-state index is -0.299. The van der Waals surface area contributed by atoms with Crippen LogP contribution in [0.25, 0.3) is 0 Å². The van der Waals surface area contributed by atoms with Crippen LogP contribution in [0, 0.1) is 0 Å². The van der Waals surface area contributed by atoms with Gasteiger partial charge in [-0.15, -0.1) is 0 Å². The quantitative estimate of drug-likeness (QED) is 0.746. The van der Waals surface area contributed by atoms with E-state index in [2.05, 4.69) is 4.90 Å². The van der Waals surface area contributed by atoms with Gasteiger partial charge in [-0.25, -0.2) is 0 Å². The lowest BCUT2D eigenvalue weighted by Gasteiger charge is -2.35. The highest BCUT2D eigenvalue weighted by atomic mass is 16.5. The Kier molecular flexibility index (Phi) is 6.60. The summed E-state index contributed by atoms with van der Waals surface area (Å²) in [5.41, 5.74) is 0. The van der Waals surface area contributed by atoms with Gasteiger partial charge in [0.25, 0.3) is 0 Å². The third-order valence-corrected chi connectivity index (χ3v) is 3.01. The molecule has 18 heavy (non-hydrogen) atoms. The van der Waals surface area contributed by atoms with Gasteiger partial charge in [-0.2, -0.15) is 0 Å². The van der Waals surface area contributed by atoms with Crippen LogP contribution in [0.5, 0.6) is 0 Å². The number of carbonyl (C=O) groups excluding carboxylic acids is 1. The molecule has 1 saturated heterocycles. The standard InChI is InChI=1S/C13H26N2O3/c1-11(2)18-9-4-13(17)15-7-5-14(6-8-15)10-12(3)16/h11-12,16H,4-10H2,1-3H3. The van der Waals surface area contributed by atoms with E-state index >= 15 is 0 Å². The van der Waals surface area contributed by atoms with Gasteiger partial charge >= 0.3 is 0 Å². The third kappa shape index (κ3) is 5.80. The molecular weight excluding hydrogens is 232 g/mol. The molecule has 0 radical (unpaired) electrons. The number of hydrogen-bond acceptors (Lipinski definition) is 4. The lowest BCUT2D eigenvalue weighted by atomic mass is 10.2. The molecule has 1 N–H and O–H groups in total. The van der Waals surface area contributed by atoms with Gasteiger partial charge < -0.3 is 14.7 Å². The molecule has 1 fully saturated rings. The summed E-state index contributed by atoms with van der Waals surface area (Å²) in [5.74, 6) is 0.173. The molecular formula is C13H26N2O3. The van der Waals surface area contributed by atoms with Crippen molar-refractivity contribution in [2.24, 2.45) is 0 Å². The lowest BCUT2D eigenvalue weighted by molar-refractivity contribution is -0.134. The summed E-state index contributed by atoms with van der Waals surface area (Å²) >= 11 is 0. The maximum atomic E-state index is 11.9. The Morgan fingerprint density at radius 2 is 1.83 bits per heavy atom. The van der Waals surface area contributed by atoms with Crippen molar-refractivity contribution in [3.8, 4) is 0 Å². The van der Waals surface area contributed by atoms with Gasteiger partial charge in [0.15, 0.2) is 0 Å². The van der Waals surface area contributed by atoms with E-state index in [0.29, 0.717) is 19.6 Å². The summed E-state index contributed by atoms with van der Waals surface area (Å²) in [6.07, 6.45) is 0.349. The number of ether oxygens (including phenoxy) is 1. The smallest absolute Gasteiger partial charge is 0.224 e. The number of carbonyl (C=O) groups is 1. The van der Waals surface area contributed by atoms with Gasteiger partial charge in [0.05, 0.1) is 25.2 Å². The molecule has 106 valence electrons. The normalized spacial score (nSPS) is 19.3. The van der Waals surface area contributed by atoms with Crippen LogP contribution in [0.1, 0.15) is 27.2 Å². The fourth-order valence-corrected chi connectivity index (χ4v) is 2.09. The van der Waals surface area contributed by atoms with Gasteiger partial charge in [-0.1, -0.05) is 0 Å². The maximum absolute atomic E-state index is 11.9. The number of aliphatic hydroxyl groups excluding tert-OH is 1. The molecule has 0 spiro atoms. The topological polar surface area (TPSA) is 53.0 Å². The second kappa shape index (κ2) is 7.71. The first-order chi connectivity index (χ1) is 8.49. The van der Waals surface area contributed by atoms with Crippen LogP contribution in [-0.4, -0.2) is 72.4 Å². The zero-order valence-corrected chi connectivity index (χ0v) is 11.8. The number of hydrogen-bond donors (Lipinski definition) is 1. The largest absolute Gasteiger partial charge is 0.392 e. The Bertz CT molecular complexity index is 249. The molecule has 1 aliphatic rings. The van der Waals surface area contributed by atoms with Crippen LogP contribution in [0.15, 0.2) is 0 Å². The van der Waals surface area contributed by atoms with Crippen LogP contribution in [-0.2, 0) is 9.53 Å². The lowest BCUT2D eigenvalue weighted by Crippen LogP contribution is -2.50. The van der Waals surface area contributed by atoms with Crippen LogP contribution in [0.4, 0.5) is 0 Å². The Morgan fingerprint density at radius 3 is 2.33 bits per heavy atom. The van der Waals surface area contributed by atoms with Gasteiger partial charge in [0.1, 0.15) is 0 Å². The van der Waals surface area contributed by atoms with E-state index < -0.39 is 0 Å². The summed E-state index contributed by atoms with van der Waals surface area (Å²) in [6, 6.07) is 0. The SMILES string of the molecule is CC(O)CN1CCN(C(=O)CCOC(C)C)CC1. The second-order valence-corrected chi connectivity index (χ2v) is 5.20. The minimum Gasteiger partial charge on any atom is -0.392 e. The van der Waals surface area contributed by atoms with Gasteiger partial charge in [0, 0.05) is 32.7 Å². The van der Waals surface area contributed by atoms with E-state index in [-0.39, 0.29) is 18.1 Å². The maximum Gasteiger partial charge on any atom is 0.224 e. The summed E-state index contributed by atoms with van der Waals surface area (Å²) in [6.45, 7) is 10.1. The van der Waals surface area contributed by atoms with Crippen molar-refractivity contribution in [1.29, 1.82) is 0 Å². The van der Waals surface area contributed by atoms with Crippen molar-refractivity contribution in [2.75, 3.05) is 39.3 Å². The minimum absolute atomic E-state index is 0.173. The zero-order chi connectivity index (χ0) is 13.5. The van der Waals surface area contributed by atoms with Crippen molar-refractivity contribution in [2.45, 2.75) is 39.4 Å². The number of nitrogens with zero attached hydrogens (tertiary/aromatic N) is 2. The van der Waals surface area contributed by atoms with Crippen LogP contribution in [0.3, 0.4) is 0 Å². The van der Waals surface area contributed by atoms with Crippen molar-refractivity contribution >= 4 is 5.91 Å². The number of β-amino-alcohol motifs (C(OH)–C–C–N with tert-alkyl or cyclic N) is 1. The Balaban J connectivity index is 2.19. The van der Waals surface area contributed by atoms with Gasteiger partial charge in [-0.3, -0.25) is 9.69 Å². The molecule has 0 aromatic carbocycles. The van der Waals surface area contributed by atoms with Crippen LogP contribution in [0.2, 0.25) is 0 Å². The number of rotatable bonds is 6. The molecule has 1 atom stereocenters. The highest BCUT2D eigenvalue weighted by Crippen LogP contribution is 2.05. The van der Waals surface area contributed by atoms with Crippen molar-refractivity contribution in [1.82, 2.24) is 9.80 Å². The fourth-order valence-electron chi connectivity index (χ4n) is 2.09. The molecule has 0 aromatic heterocycles. The van der Waals surface area contributed by atoms with E-state index in [1.807, 2.05) is 18.7 Å². The number of aliphatic hydroxyl groups is 1. The highest BCUT2D eigenvalue weighted by Gasteiger charge is 2.21. The monoisotopic (exact) mass is 258 g/mol. The zero-order valence-electron chi connectivity index (χ0n) is 11.8. The van der Waals surface area contributed by atoms with E-state index in [4.69, 9.17) is 4.74 Å². The Morgan fingerprint density at radius 1 is 1.22 bits per heavy atom. The molecule has 0 aliphatic carbocycles. The first-order valence-electron chi connectivity index (χ1n) is 6.79. The van der Waals surface area contributed by atoms with E-state index in [1.165, 1.54) is 0 Å². The fraction of sp³-hybridized carbons (Fsp3) is 0.923. The summed E-state index contributed by atoms with van der Waals surface area (Å²) in [7, 11) is 0. The van der Waals surface area contributed by atoms with Crippen molar-refractivity contribution in [3.63, 3.8) is 0 Å². The van der Waals surface area contributed by atoms with Crippen LogP contribution >= 0.6 is 0 Å². The Hall–Kier alpha value is -0.650. The van der Waals surface area contributed by atoms with Crippen molar-refractivity contribution in [3.05, 3.63) is 0 Å². The molecule has 1 amide bonds. The third-order valence-electron chi connectivity index (χ3n) is 3.01. The molecule has 1 aliphatic heterocycles. The predicted molar refractivity (Wildman–Crippen MR) is 70.4 cm³/mol. The number of amides is 1. The second-order valence-electron chi connectivity index (χ2n) is 5.20. The van der Waals surface area contributed by atoms with E-state index in [9.17, 15) is 9.90 Å². The molecule has 1 unspecified atom stereocenters. The highest BCUT2D eigenvalue weighted by molar-refractivity contribution is 5.76. The first kappa shape index (κ1) is 15.4. The Labute approximate surface area is 110 Å². The summed E-state index contributed by atoms with van der Waals surface area (Å²) < 4.78 is 5.39. The number of piperazine rings is 1. The average molecular weight is 258 g/mol. The molecule has 0 bridgehead atoms. The predicted octanol–water partition coefficient (Wildman–Crippen LogP) is 0.327. The average Bonchev–Trinajstić information content (AvgIpc) is 2.28. The van der Waals surface area contributed by atoms with Gasteiger partial charge in [0.2, 0.25) is 5.91 Å². The molecule has 5 nitrogen and oxygen atoms in total. The van der Waals surface area contributed by atoms with Crippen LogP contribution < -0.4 is 0 Å². The molecule has 1 heterocycles. The molecule has 1 rings (SSSR count).